The maximum absolute atomic E-state index is 12.5. The summed E-state index contributed by atoms with van der Waals surface area (Å²) in [6.07, 6.45) is 3.84. The van der Waals surface area contributed by atoms with E-state index in [0.717, 1.165) is 35.7 Å². The van der Waals surface area contributed by atoms with E-state index in [9.17, 15) is 9.90 Å². The van der Waals surface area contributed by atoms with Crippen molar-refractivity contribution >= 4 is 17.0 Å². The zero-order valence-electron chi connectivity index (χ0n) is 13.7. The Morgan fingerprint density at radius 1 is 1.20 bits per heavy atom. The van der Waals surface area contributed by atoms with Crippen molar-refractivity contribution in [2.75, 3.05) is 13.6 Å². The van der Waals surface area contributed by atoms with Crippen molar-refractivity contribution in [3.63, 3.8) is 0 Å². The molecule has 0 bridgehead atoms. The largest absolute Gasteiger partial charge is 0.508 e. The summed E-state index contributed by atoms with van der Waals surface area (Å²) in [5.74, 6) is 1.16. The second kappa shape index (κ2) is 4.96. The first kappa shape index (κ1) is 14.3. The summed E-state index contributed by atoms with van der Waals surface area (Å²) >= 11 is 0. The summed E-state index contributed by atoms with van der Waals surface area (Å²) in [5.41, 5.74) is 2.07. The highest BCUT2D eigenvalue weighted by Gasteiger charge is 2.21. The van der Waals surface area contributed by atoms with Crippen LogP contribution in [0.1, 0.15) is 17.5 Å². The van der Waals surface area contributed by atoms with E-state index in [1.165, 1.54) is 5.56 Å². The van der Waals surface area contributed by atoms with Gasteiger partial charge in [0.15, 0.2) is 5.75 Å². The predicted octanol–water partition coefficient (Wildman–Crippen LogP) is 1.50. The van der Waals surface area contributed by atoms with E-state index in [2.05, 4.69) is 10.6 Å². The SMILES string of the molecule is C[N+]1=c2cc3oc(=O)c4c(c3cc2CCC1)Oc1cc(O)ccc1C=4. The molecule has 25 heavy (non-hydrogen) atoms. The summed E-state index contributed by atoms with van der Waals surface area (Å²) < 4.78 is 13.8. The van der Waals surface area contributed by atoms with Gasteiger partial charge >= 0.3 is 5.63 Å². The molecule has 3 heterocycles. The molecular weight excluding hydrogens is 318 g/mol. The second-order valence-corrected chi connectivity index (χ2v) is 6.60. The Balaban J connectivity index is 1.89. The molecule has 5 nitrogen and oxygen atoms in total. The standard InChI is InChI=1S/C20H15NO4/c1-21-6-2-3-11-7-14-18(10-16(11)21)25-20(23)15-8-12-4-5-13(22)9-17(12)24-19(14)15/h4-5,7-10H,2-3,6H2,1H3/p+1. The highest BCUT2D eigenvalue weighted by molar-refractivity contribution is 5.86. The molecule has 0 saturated carbocycles. The minimum absolute atomic E-state index is 0.127. The van der Waals surface area contributed by atoms with Crippen LogP contribution in [0, 0.1) is 0 Å². The fraction of sp³-hybridized carbons (Fsp3) is 0.200. The molecule has 2 aliphatic heterocycles. The third-order valence-corrected chi connectivity index (χ3v) is 4.95. The van der Waals surface area contributed by atoms with Crippen LogP contribution >= 0.6 is 0 Å². The molecule has 3 aromatic rings. The number of aryl methyl sites for hydroxylation is 1. The molecule has 0 radical (unpaired) electrons. The zero-order chi connectivity index (χ0) is 17.1. The van der Waals surface area contributed by atoms with Crippen LogP contribution in [0.15, 0.2) is 39.5 Å². The third kappa shape index (κ3) is 2.09. The van der Waals surface area contributed by atoms with E-state index in [4.69, 9.17) is 9.15 Å². The lowest BCUT2D eigenvalue weighted by Gasteiger charge is -2.16. The maximum atomic E-state index is 12.5. The van der Waals surface area contributed by atoms with Gasteiger partial charge in [-0.2, -0.15) is 0 Å². The van der Waals surface area contributed by atoms with Gasteiger partial charge in [0.1, 0.15) is 35.9 Å². The number of nitrogens with zero attached hydrogens (tertiary/aromatic N) is 1. The van der Waals surface area contributed by atoms with Gasteiger partial charge in [0.2, 0.25) is 5.36 Å². The molecule has 0 amide bonds. The molecule has 0 unspecified atom stereocenters. The number of hydrogen-bond acceptors (Lipinski definition) is 4. The lowest BCUT2D eigenvalue weighted by atomic mass is 10.0. The molecular formula is C20H16NO4+. The minimum Gasteiger partial charge on any atom is -0.508 e. The molecule has 5 rings (SSSR count). The molecule has 0 saturated heterocycles. The van der Waals surface area contributed by atoms with Gasteiger partial charge in [0.05, 0.1) is 11.5 Å². The molecule has 5 heteroatoms. The molecule has 2 aliphatic rings. The monoisotopic (exact) mass is 334 g/mol. The van der Waals surface area contributed by atoms with Crippen LogP contribution in [0.2, 0.25) is 0 Å². The van der Waals surface area contributed by atoms with Gasteiger partial charge in [0, 0.05) is 23.6 Å². The summed E-state index contributed by atoms with van der Waals surface area (Å²) in [4.78, 5) is 12.5. The number of phenols is 1. The Bertz CT molecular complexity index is 1240. The Labute approximate surface area is 142 Å². The van der Waals surface area contributed by atoms with Crippen molar-refractivity contribution in [1.29, 1.82) is 0 Å². The zero-order valence-corrected chi connectivity index (χ0v) is 13.7. The molecule has 0 aliphatic carbocycles. The summed E-state index contributed by atoms with van der Waals surface area (Å²) in [7, 11) is 2.05. The average Bonchev–Trinajstić information content (AvgIpc) is 2.60. The number of aromatic hydroxyl groups is 1. The molecule has 0 atom stereocenters. The van der Waals surface area contributed by atoms with Crippen molar-refractivity contribution in [3.8, 4) is 17.2 Å². The van der Waals surface area contributed by atoms with Gasteiger partial charge in [-0.15, -0.1) is 0 Å². The number of ether oxygens (including phenoxy) is 1. The Kier molecular flexibility index (Phi) is 2.83. The predicted molar refractivity (Wildman–Crippen MR) is 93.8 cm³/mol. The molecule has 1 aromatic heterocycles. The number of benzene rings is 2. The van der Waals surface area contributed by atoms with E-state index >= 15 is 0 Å². The highest BCUT2D eigenvalue weighted by Crippen LogP contribution is 2.34. The number of phenolic OH excluding ortho intramolecular Hbond substituents is 1. The smallest absolute Gasteiger partial charge is 0.347 e. The van der Waals surface area contributed by atoms with Crippen molar-refractivity contribution in [3.05, 3.63) is 62.5 Å². The van der Waals surface area contributed by atoms with Gasteiger partial charge in [0.25, 0.3) is 0 Å². The first-order chi connectivity index (χ1) is 12.1. The van der Waals surface area contributed by atoms with E-state index in [1.54, 1.807) is 24.3 Å². The molecule has 2 aromatic carbocycles. The Hall–Kier alpha value is -3.08. The normalized spacial score (nSPS) is 15.0. The number of hydrogen-bond donors (Lipinski definition) is 1. The highest BCUT2D eigenvalue weighted by atomic mass is 16.5. The van der Waals surface area contributed by atoms with Crippen LogP contribution in [0.3, 0.4) is 0 Å². The van der Waals surface area contributed by atoms with Gasteiger partial charge < -0.3 is 14.3 Å². The van der Waals surface area contributed by atoms with Crippen molar-refractivity contribution in [2.24, 2.45) is 0 Å². The fourth-order valence-electron chi connectivity index (χ4n) is 3.68. The lowest BCUT2D eigenvalue weighted by Crippen LogP contribution is -2.35. The lowest BCUT2D eigenvalue weighted by molar-refractivity contribution is 0.446. The van der Waals surface area contributed by atoms with Crippen LogP contribution in [0.5, 0.6) is 17.2 Å². The van der Waals surface area contributed by atoms with Gasteiger partial charge in [-0.3, -0.25) is 0 Å². The first-order valence-electron chi connectivity index (χ1n) is 8.30. The molecule has 0 fully saturated rings. The molecule has 124 valence electrons. The summed E-state index contributed by atoms with van der Waals surface area (Å²) in [6.45, 7) is 0.991. The topological polar surface area (TPSA) is 62.7 Å². The summed E-state index contributed by atoms with van der Waals surface area (Å²) in [5, 5.41) is 12.0. The molecule has 0 spiro atoms. The summed E-state index contributed by atoms with van der Waals surface area (Å²) in [6, 6.07) is 8.83. The molecule has 1 N–H and O–H groups in total. The Morgan fingerprint density at radius 2 is 2.08 bits per heavy atom. The van der Waals surface area contributed by atoms with Crippen molar-refractivity contribution < 1.29 is 14.3 Å². The quantitative estimate of drug-likeness (QED) is 0.391. The Morgan fingerprint density at radius 3 is 2.96 bits per heavy atom. The van der Waals surface area contributed by atoms with Gasteiger partial charge in [-0.1, -0.05) is 0 Å². The first-order valence-corrected chi connectivity index (χ1v) is 8.30. The number of rotatable bonds is 0. The second-order valence-electron chi connectivity index (χ2n) is 6.60. The third-order valence-electron chi connectivity index (χ3n) is 4.95. The van der Waals surface area contributed by atoms with E-state index in [0.29, 0.717) is 22.3 Å². The van der Waals surface area contributed by atoms with Crippen LogP contribution in [-0.4, -0.2) is 18.7 Å². The van der Waals surface area contributed by atoms with Crippen molar-refractivity contribution in [2.45, 2.75) is 12.8 Å². The van der Waals surface area contributed by atoms with Crippen LogP contribution in [0.25, 0.3) is 17.0 Å². The van der Waals surface area contributed by atoms with Gasteiger partial charge in [-0.05, 0) is 30.7 Å². The van der Waals surface area contributed by atoms with E-state index in [1.807, 2.05) is 13.1 Å². The average molecular weight is 334 g/mol. The minimum atomic E-state index is -0.417. The number of fused-ring (bicyclic) bond motifs is 5. The van der Waals surface area contributed by atoms with Crippen LogP contribution < -0.4 is 25.5 Å². The van der Waals surface area contributed by atoms with Crippen LogP contribution in [-0.2, 0) is 6.42 Å². The van der Waals surface area contributed by atoms with Gasteiger partial charge in [-0.25, -0.2) is 9.37 Å². The van der Waals surface area contributed by atoms with E-state index < -0.39 is 5.63 Å². The van der Waals surface area contributed by atoms with E-state index in [-0.39, 0.29) is 5.75 Å². The maximum Gasteiger partial charge on any atom is 0.347 e. The van der Waals surface area contributed by atoms with Crippen molar-refractivity contribution in [1.82, 2.24) is 4.58 Å². The fourth-order valence-corrected chi connectivity index (χ4v) is 3.68. The van der Waals surface area contributed by atoms with Crippen LogP contribution in [0.4, 0.5) is 0 Å².